The summed E-state index contributed by atoms with van der Waals surface area (Å²) in [7, 11) is 0. The van der Waals surface area contributed by atoms with Gasteiger partial charge in [-0.2, -0.15) is 8.78 Å². The van der Waals surface area contributed by atoms with Gasteiger partial charge in [0.05, 0.1) is 6.04 Å². The molecule has 0 spiro atoms. The highest BCUT2D eigenvalue weighted by Crippen LogP contribution is 2.32. The van der Waals surface area contributed by atoms with E-state index in [0.717, 1.165) is 23.3 Å². The highest BCUT2D eigenvalue weighted by molar-refractivity contribution is 6.10. The molecular weight excluding hydrogens is 656 g/mol. The zero-order chi connectivity index (χ0) is 36.2. The molecule has 2 atom stereocenters. The predicted octanol–water partition coefficient (Wildman–Crippen LogP) is 5.22. The lowest BCUT2D eigenvalue weighted by atomic mass is 9.93. The maximum absolute atomic E-state index is 15.7. The molecule has 3 amide bonds. The van der Waals surface area contributed by atoms with Crippen LogP contribution >= 0.6 is 0 Å². The lowest BCUT2D eigenvalue weighted by Gasteiger charge is -2.37. The van der Waals surface area contributed by atoms with Gasteiger partial charge in [0.15, 0.2) is 0 Å². The smallest absolute Gasteiger partial charge is 0.383 e. The van der Waals surface area contributed by atoms with Gasteiger partial charge >= 0.3 is 5.92 Å². The molecule has 5 rings (SSSR count). The number of alkyl halides is 2. The maximum Gasteiger partial charge on any atom is 0.383 e. The summed E-state index contributed by atoms with van der Waals surface area (Å²) >= 11 is 0. The molecule has 0 heterocycles. The van der Waals surface area contributed by atoms with E-state index in [1.165, 1.54) is 0 Å². The van der Waals surface area contributed by atoms with Crippen LogP contribution in [-0.4, -0.2) is 46.6 Å². The Bertz CT molecular complexity index is 1750. The van der Waals surface area contributed by atoms with Crippen molar-refractivity contribution in [3.63, 3.8) is 0 Å². The molecule has 0 unspecified atom stereocenters. The number of ether oxygens (including phenoxy) is 1. The van der Waals surface area contributed by atoms with Crippen LogP contribution in [0.25, 0.3) is 0 Å². The molecule has 2 N–H and O–H groups in total. The average molecular weight is 697 g/mol. The summed E-state index contributed by atoms with van der Waals surface area (Å²) in [6.45, 7) is -0.130. The van der Waals surface area contributed by atoms with Gasteiger partial charge in [0, 0.05) is 19.5 Å². The second-order valence-electron chi connectivity index (χ2n) is 12.7. The molecule has 9 nitrogen and oxygen atoms in total. The molecule has 1 fully saturated rings. The molecule has 0 bridgehead atoms. The Kier molecular flexibility index (Phi) is 12.5. The van der Waals surface area contributed by atoms with E-state index in [9.17, 15) is 24.3 Å². The third-order valence-electron chi connectivity index (χ3n) is 9.02. The van der Waals surface area contributed by atoms with Crippen molar-refractivity contribution in [3.8, 4) is 5.75 Å². The van der Waals surface area contributed by atoms with Crippen LogP contribution in [0.1, 0.15) is 47.9 Å². The first-order chi connectivity index (χ1) is 24.6. The Labute approximate surface area is 295 Å². The zero-order valence-electron chi connectivity index (χ0n) is 28.0. The third kappa shape index (κ3) is 10.00. The van der Waals surface area contributed by atoms with Gasteiger partial charge in [0.25, 0.3) is 5.91 Å². The topological polar surface area (TPSA) is 128 Å². The summed E-state index contributed by atoms with van der Waals surface area (Å²) in [5.74, 6) is -9.01. The van der Waals surface area contributed by atoms with E-state index >= 15 is 8.78 Å². The fourth-order valence-electron chi connectivity index (χ4n) is 6.32. The van der Waals surface area contributed by atoms with Crippen molar-refractivity contribution in [1.82, 2.24) is 15.5 Å². The van der Waals surface area contributed by atoms with E-state index in [4.69, 9.17) is 4.74 Å². The lowest BCUT2D eigenvalue weighted by molar-refractivity contribution is -0.269. The van der Waals surface area contributed by atoms with Gasteiger partial charge in [0.2, 0.25) is 11.7 Å². The summed E-state index contributed by atoms with van der Waals surface area (Å²) in [6.07, 6.45) is 0.551. The summed E-state index contributed by atoms with van der Waals surface area (Å²) in [5.41, 5.74) is 2.49. The van der Waals surface area contributed by atoms with Gasteiger partial charge in [-0.05, 0) is 53.1 Å². The summed E-state index contributed by atoms with van der Waals surface area (Å²) < 4.78 is 37.2. The molecule has 0 radical (unpaired) electrons. The average Bonchev–Trinajstić information content (AvgIpc) is 3.68. The van der Waals surface area contributed by atoms with Gasteiger partial charge in [0.1, 0.15) is 24.5 Å². The number of carbonyl (C=O) groups is 4. The van der Waals surface area contributed by atoms with Gasteiger partial charge in [-0.1, -0.05) is 116 Å². The minimum atomic E-state index is -4.52. The van der Waals surface area contributed by atoms with Gasteiger partial charge < -0.3 is 30.2 Å². The molecular formula is C40H40F2N3O6-. The van der Waals surface area contributed by atoms with Gasteiger partial charge in [-0.3, -0.25) is 14.4 Å². The molecule has 11 heteroatoms. The van der Waals surface area contributed by atoms with Crippen LogP contribution in [0.3, 0.4) is 0 Å². The van der Waals surface area contributed by atoms with Crippen molar-refractivity contribution in [2.24, 2.45) is 5.92 Å². The van der Waals surface area contributed by atoms with Crippen LogP contribution in [0, 0.1) is 5.92 Å². The fraction of sp³-hybridized carbons (Fsp3) is 0.300. The van der Waals surface area contributed by atoms with Gasteiger partial charge in [-0.25, -0.2) is 0 Å². The van der Waals surface area contributed by atoms with Crippen molar-refractivity contribution in [2.45, 2.75) is 69.8 Å². The number of hydrogen-bond acceptors (Lipinski definition) is 6. The van der Waals surface area contributed by atoms with Crippen molar-refractivity contribution in [2.75, 3.05) is 0 Å². The minimum Gasteiger partial charge on any atom is -0.530 e. The normalized spacial score (nSPS) is 14.2. The van der Waals surface area contributed by atoms with Crippen LogP contribution < -0.4 is 20.5 Å². The van der Waals surface area contributed by atoms with Crippen molar-refractivity contribution in [3.05, 3.63) is 138 Å². The lowest BCUT2D eigenvalue weighted by Crippen LogP contribution is -2.60. The van der Waals surface area contributed by atoms with E-state index in [1.807, 2.05) is 30.3 Å². The van der Waals surface area contributed by atoms with E-state index in [1.54, 1.807) is 84.9 Å². The van der Waals surface area contributed by atoms with E-state index < -0.39 is 54.0 Å². The maximum atomic E-state index is 15.7. The Morgan fingerprint density at radius 1 is 0.765 bits per heavy atom. The van der Waals surface area contributed by atoms with E-state index in [0.29, 0.717) is 41.9 Å². The highest BCUT2D eigenvalue weighted by atomic mass is 19.3. The van der Waals surface area contributed by atoms with Gasteiger partial charge in [-0.15, -0.1) is 0 Å². The van der Waals surface area contributed by atoms with E-state index in [-0.39, 0.29) is 13.1 Å². The molecule has 0 aromatic heterocycles. The number of hydrogen-bond donors (Lipinski definition) is 2. The third-order valence-corrected chi connectivity index (χ3v) is 9.02. The molecule has 1 saturated carbocycles. The van der Waals surface area contributed by atoms with E-state index in [2.05, 4.69) is 10.6 Å². The molecule has 1 aliphatic rings. The monoisotopic (exact) mass is 696 g/mol. The second kappa shape index (κ2) is 17.4. The summed E-state index contributed by atoms with van der Waals surface area (Å²) in [4.78, 5) is 53.9. The molecule has 4 aromatic carbocycles. The standard InChI is InChI=1S/C40H41F2N3O6/c41-40(42,38(48)43-25-29-12-4-1-5-13-29)36(46)34(24-28-20-22-33(23-21-28)51-27-31-16-8-3-9-17-31)44-37(47)35(32-18-10-11-19-32)45(39(49)50)26-30-14-6-2-7-15-30/h1-9,12-17,20-23,32,34-35H,10-11,18-19,24-27H2,(H,43,48)(H,44,47)(H,49,50)/p-1/t34-,35-/m0/s1. The second-order valence-corrected chi connectivity index (χ2v) is 12.7. The zero-order valence-corrected chi connectivity index (χ0v) is 28.0. The number of halogens is 2. The Morgan fingerprint density at radius 3 is 1.88 bits per heavy atom. The number of carboxylic acid groups (broad SMARTS) is 1. The number of rotatable bonds is 16. The number of nitrogens with zero attached hydrogens (tertiary/aromatic N) is 1. The van der Waals surface area contributed by atoms with Crippen molar-refractivity contribution >= 4 is 23.7 Å². The largest absolute Gasteiger partial charge is 0.530 e. The van der Waals surface area contributed by atoms with Crippen LogP contribution in [0.4, 0.5) is 13.6 Å². The molecule has 266 valence electrons. The number of nitrogens with one attached hydrogen (secondary N) is 2. The molecule has 4 aromatic rings. The first-order valence-corrected chi connectivity index (χ1v) is 16.9. The van der Waals surface area contributed by atoms with Crippen molar-refractivity contribution in [1.29, 1.82) is 0 Å². The SMILES string of the molecule is O=C(N[C@@H](Cc1ccc(OCc2ccccc2)cc1)C(=O)C(F)(F)C(=O)NCc1ccccc1)[C@H](C1CCCC1)N(Cc1ccccc1)C(=O)[O-]. The first-order valence-electron chi connectivity index (χ1n) is 16.9. The van der Waals surface area contributed by atoms with Crippen LogP contribution in [0.5, 0.6) is 5.75 Å². The quantitative estimate of drug-likeness (QED) is 0.155. The van der Waals surface area contributed by atoms with Crippen LogP contribution in [0.15, 0.2) is 115 Å². The highest BCUT2D eigenvalue weighted by Gasteiger charge is 2.51. The molecule has 0 aliphatic heterocycles. The number of carbonyl (C=O) groups excluding carboxylic acids is 4. The molecule has 0 saturated heterocycles. The minimum absolute atomic E-state index is 0.182. The Hall–Kier alpha value is -5.58. The summed E-state index contributed by atoms with van der Waals surface area (Å²) in [6, 6.07) is 29.7. The first kappa shape index (κ1) is 36.7. The van der Waals surface area contributed by atoms with Crippen LogP contribution in [-0.2, 0) is 40.5 Å². The number of amides is 3. The van der Waals surface area contributed by atoms with Crippen LogP contribution in [0.2, 0.25) is 0 Å². The number of ketones is 1. The fourth-order valence-corrected chi connectivity index (χ4v) is 6.32. The summed E-state index contributed by atoms with van der Waals surface area (Å²) in [5, 5.41) is 17.1. The number of benzene rings is 4. The van der Waals surface area contributed by atoms with Crippen molar-refractivity contribution < 1.29 is 37.8 Å². The predicted molar refractivity (Wildman–Crippen MR) is 184 cm³/mol. The molecule has 1 aliphatic carbocycles. The molecule has 51 heavy (non-hydrogen) atoms. The Balaban J connectivity index is 1.39. The number of Topliss-reactive ketones (excluding diaryl/α,β-unsaturated/α-hetero) is 1. The Morgan fingerprint density at radius 2 is 1.31 bits per heavy atom.